The van der Waals surface area contributed by atoms with Crippen LogP contribution < -0.4 is 5.32 Å². The molecule has 0 radical (unpaired) electrons. The Bertz CT molecular complexity index is 717. The molecule has 0 saturated heterocycles. The molecule has 21 heavy (non-hydrogen) atoms. The van der Waals surface area contributed by atoms with Crippen LogP contribution >= 0.6 is 0 Å². The molecule has 0 spiro atoms. The van der Waals surface area contributed by atoms with Crippen LogP contribution in [0, 0.1) is 6.92 Å². The van der Waals surface area contributed by atoms with Gasteiger partial charge in [-0.1, -0.05) is 6.07 Å². The highest BCUT2D eigenvalue weighted by molar-refractivity contribution is 6.03. The van der Waals surface area contributed by atoms with E-state index >= 15 is 0 Å². The highest BCUT2D eigenvalue weighted by Gasteiger charge is 2.11. The number of nitrogens with one attached hydrogen (secondary N) is 1. The Morgan fingerprint density at radius 2 is 2.10 bits per heavy atom. The summed E-state index contributed by atoms with van der Waals surface area (Å²) in [5.41, 5.74) is 2.74. The predicted octanol–water partition coefficient (Wildman–Crippen LogP) is 2.08. The van der Waals surface area contributed by atoms with E-state index in [4.69, 9.17) is 5.11 Å². The highest BCUT2D eigenvalue weighted by Crippen LogP contribution is 2.18. The molecule has 6 nitrogen and oxygen atoms in total. The Balaban J connectivity index is 2.16. The number of hydrogen-bond donors (Lipinski definition) is 2. The summed E-state index contributed by atoms with van der Waals surface area (Å²) in [7, 11) is 1.70. The first-order valence-corrected chi connectivity index (χ1v) is 6.28. The fraction of sp³-hybridized carbons (Fsp3) is 0.133. The van der Waals surface area contributed by atoms with Gasteiger partial charge in [0.15, 0.2) is 0 Å². The average Bonchev–Trinajstić information content (AvgIpc) is 2.85. The van der Waals surface area contributed by atoms with Crippen molar-refractivity contribution >= 4 is 23.6 Å². The van der Waals surface area contributed by atoms with E-state index in [-0.39, 0.29) is 5.91 Å². The van der Waals surface area contributed by atoms with Crippen molar-refractivity contribution in [2.45, 2.75) is 6.92 Å². The van der Waals surface area contributed by atoms with Gasteiger partial charge in [-0.3, -0.25) is 9.48 Å². The number of hydrogen-bond acceptors (Lipinski definition) is 3. The molecule has 2 rings (SSSR count). The number of aryl methyl sites for hydroxylation is 2. The lowest BCUT2D eigenvalue weighted by atomic mass is 10.1. The smallest absolute Gasteiger partial charge is 0.328 e. The fourth-order valence-electron chi connectivity index (χ4n) is 1.88. The molecule has 0 aliphatic carbocycles. The summed E-state index contributed by atoms with van der Waals surface area (Å²) in [5, 5.41) is 15.4. The summed E-state index contributed by atoms with van der Waals surface area (Å²) < 4.78 is 1.49. The highest BCUT2D eigenvalue weighted by atomic mass is 16.4. The van der Waals surface area contributed by atoms with Crippen molar-refractivity contribution < 1.29 is 14.7 Å². The Morgan fingerprint density at radius 3 is 2.67 bits per heavy atom. The molecule has 0 bridgehead atoms. The van der Waals surface area contributed by atoms with E-state index < -0.39 is 5.97 Å². The molecule has 1 heterocycles. The number of amides is 1. The number of rotatable bonds is 4. The number of anilines is 1. The van der Waals surface area contributed by atoms with E-state index in [1.165, 1.54) is 10.8 Å². The van der Waals surface area contributed by atoms with Gasteiger partial charge in [0.2, 0.25) is 0 Å². The molecule has 0 fully saturated rings. The van der Waals surface area contributed by atoms with Crippen LogP contribution in [0.15, 0.2) is 36.5 Å². The van der Waals surface area contributed by atoms with E-state index in [0.717, 1.165) is 17.2 Å². The lowest BCUT2D eigenvalue weighted by Crippen LogP contribution is -2.16. The second-order valence-corrected chi connectivity index (χ2v) is 4.54. The summed E-state index contributed by atoms with van der Waals surface area (Å²) >= 11 is 0. The fourth-order valence-corrected chi connectivity index (χ4v) is 1.88. The van der Waals surface area contributed by atoms with E-state index in [1.54, 1.807) is 37.5 Å². The molecule has 1 aromatic heterocycles. The third kappa shape index (κ3) is 3.56. The van der Waals surface area contributed by atoms with E-state index in [9.17, 15) is 9.59 Å². The van der Waals surface area contributed by atoms with Gasteiger partial charge in [0.25, 0.3) is 5.91 Å². The lowest BCUT2D eigenvalue weighted by Gasteiger charge is -2.09. The molecular formula is C15H15N3O3. The van der Waals surface area contributed by atoms with Gasteiger partial charge < -0.3 is 10.4 Å². The lowest BCUT2D eigenvalue weighted by molar-refractivity contribution is -0.131. The topological polar surface area (TPSA) is 84.2 Å². The maximum absolute atomic E-state index is 12.1. The number of carbonyl (C=O) groups excluding carboxylic acids is 1. The molecule has 108 valence electrons. The number of aliphatic carboxylic acids is 1. The van der Waals surface area contributed by atoms with Gasteiger partial charge in [-0.25, -0.2) is 4.79 Å². The molecule has 6 heteroatoms. The van der Waals surface area contributed by atoms with Gasteiger partial charge in [-0.2, -0.15) is 5.10 Å². The van der Waals surface area contributed by atoms with Crippen molar-refractivity contribution in [3.63, 3.8) is 0 Å². The van der Waals surface area contributed by atoms with Gasteiger partial charge in [0.05, 0.1) is 0 Å². The SMILES string of the molecule is Cc1cc(C=CC(=O)O)ccc1NC(=O)c1ccnn1C. The van der Waals surface area contributed by atoms with Crippen LogP contribution in [0.4, 0.5) is 5.69 Å². The minimum Gasteiger partial charge on any atom is -0.478 e. The van der Waals surface area contributed by atoms with Gasteiger partial charge in [-0.15, -0.1) is 0 Å². The number of carboxylic acid groups (broad SMARTS) is 1. The van der Waals surface area contributed by atoms with Crippen molar-refractivity contribution in [3.8, 4) is 0 Å². The van der Waals surface area contributed by atoms with Gasteiger partial charge in [0, 0.05) is 25.0 Å². The third-order valence-electron chi connectivity index (χ3n) is 2.97. The van der Waals surface area contributed by atoms with Crippen LogP contribution in [-0.4, -0.2) is 26.8 Å². The summed E-state index contributed by atoms with van der Waals surface area (Å²) in [6, 6.07) is 6.92. The molecular weight excluding hydrogens is 270 g/mol. The number of nitrogens with zero attached hydrogens (tertiary/aromatic N) is 2. The van der Waals surface area contributed by atoms with E-state index in [2.05, 4.69) is 10.4 Å². The summed E-state index contributed by atoms with van der Waals surface area (Å²) in [5.74, 6) is -1.24. The first-order valence-electron chi connectivity index (χ1n) is 6.28. The van der Waals surface area contributed by atoms with E-state index in [0.29, 0.717) is 11.4 Å². The second-order valence-electron chi connectivity index (χ2n) is 4.54. The molecule has 0 aliphatic rings. The predicted molar refractivity (Wildman–Crippen MR) is 79.0 cm³/mol. The maximum Gasteiger partial charge on any atom is 0.328 e. The monoisotopic (exact) mass is 285 g/mol. The summed E-state index contributed by atoms with van der Waals surface area (Å²) in [6.45, 7) is 1.84. The van der Waals surface area contributed by atoms with Crippen molar-refractivity contribution in [1.29, 1.82) is 0 Å². The first-order chi connectivity index (χ1) is 9.97. The molecule has 0 aliphatic heterocycles. The Labute approximate surface area is 121 Å². The maximum atomic E-state index is 12.1. The van der Waals surface area contributed by atoms with Crippen molar-refractivity contribution in [2.24, 2.45) is 7.05 Å². The van der Waals surface area contributed by atoms with Crippen molar-refractivity contribution in [1.82, 2.24) is 9.78 Å². The van der Waals surface area contributed by atoms with Gasteiger partial charge >= 0.3 is 5.97 Å². The van der Waals surface area contributed by atoms with Gasteiger partial charge in [-0.05, 0) is 42.3 Å². The van der Waals surface area contributed by atoms with Gasteiger partial charge in [0.1, 0.15) is 5.69 Å². The third-order valence-corrected chi connectivity index (χ3v) is 2.97. The number of carboxylic acids is 1. The zero-order valence-corrected chi connectivity index (χ0v) is 11.7. The molecule has 0 saturated carbocycles. The molecule has 2 N–H and O–H groups in total. The van der Waals surface area contributed by atoms with Crippen LogP contribution in [0.25, 0.3) is 6.08 Å². The zero-order chi connectivity index (χ0) is 15.4. The normalized spacial score (nSPS) is 10.8. The molecule has 0 unspecified atom stereocenters. The molecule has 1 amide bonds. The summed E-state index contributed by atoms with van der Waals surface area (Å²) in [4.78, 5) is 22.6. The van der Waals surface area contributed by atoms with Crippen LogP contribution in [0.2, 0.25) is 0 Å². The Kier molecular flexibility index (Phi) is 4.18. The zero-order valence-electron chi connectivity index (χ0n) is 11.7. The van der Waals surface area contributed by atoms with Crippen LogP contribution in [-0.2, 0) is 11.8 Å². The van der Waals surface area contributed by atoms with Crippen LogP contribution in [0.3, 0.4) is 0 Å². The number of benzene rings is 1. The average molecular weight is 285 g/mol. The summed E-state index contributed by atoms with van der Waals surface area (Å²) in [6.07, 6.45) is 4.13. The minimum atomic E-state index is -0.999. The second kappa shape index (κ2) is 6.04. The quantitative estimate of drug-likeness (QED) is 0.842. The van der Waals surface area contributed by atoms with Crippen molar-refractivity contribution in [2.75, 3.05) is 5.32 Å². The Morgan fingerprint density at radius 1 is 1.33 bits per heavy atom. The molecule has 0 atom stereocenters. The Hall–Kier alpha value is -2.89. The standard InChI is InChI=1S/C15H15N3O3/c1-10-9-11(4-6-14(19)20)3-5-12(10)17-15(21)13-7-8-16-18(13)2/h3-9H,1-2H3,(H,17,21)(H,19,20). The van der Waals surface area contributed by atoms with E-state index in [1.807, 2.05) is 6.92 Å². The minimum absolute atomic E-state index is 0.244. The number of carbonyl (C=O) groups is 2. The van der Waals surface area contributed by atoms with Crippen LogP contribution in [0.1, 0.15) is 21.6 Å². The number of aromatic nitrogens is 2. The van der Waals surface area contributed by atoms with Crippen molar-refractivity contribution in [3.05, 3.63) is 53.4 Å². The van der Waals surface area contributed by atoms with Crippen LogP contribution in [0.5, 0.6) is 0 Å². The first kappa shape index (κ1) is 14.5. The molecule has 2 aromatic rings. The largest absolute Gasteiger partial charge is 0.478 e. The molecule has 1 aromatic carbocycles.